The minimum atomic E-state index is -3.92. The predicted molar refractivity (Wildman–Crippen MR) is 125 cm³/mol. The lowest BCUT2D eigenvalue weighted by Crippen LogP contribution is -2.48. The number of carbonyl (C=O) groups excluding carboxylic acids is 2. The summed E-state index contributed by atoms with van der Waals surface area (Å²) < 4.78 is 40.8. The fourth-order valence-electron chi connectivity index (χ4n) is 4.69. The molecule has 0 spiro atoms. The SMILES string of the molecule is O=C(NCc1ccccc1)C1CCN(C(=O)C2CCN(S(=O)(=O)c3ccccc3F)CC2)CC1. The van der Waals surface area contributed by atoms with Crippen molar-refractivity contribution in [1.82, 2.24) is 14.5 Å². The van der Waals surface area contributed by atoms with Gasteiger partial charge >= 0.3 is 0 Å². The molecule has 0 saturated carbocycles. The second-order valence-electron chi connectivity index (χ2n) is 8.91. The number of sulfonamides is 1. The summed E-state index contributed by atoms with van der Waals surface area (Å²) in [5.41, 5.74) is 1.05. The lowest BCUT2D eigenvalue weighted by molar-refractivity contribution is -0.140. The van der Waals surface area contributed by atoms with E-state index in [2.05, 4.69) is 5.32 Å². The van der Waals surface area contributed by atoms with Crippen LogP contribution in [0.1, 0.15) is 31.2 Å². The summed E-state index contributed by atoms with van der Waals surface area (Å²) in [6.07, 6.45) is 2.05. The molecule has 2 amide bonds. The molecule has 2 aromatic rings. The molecule has 0 aliphatic carbocycles. The molecular formula is C25H30FN3O4S. The zero-order chi connectivity index (χ0) is 24.1. The van der Waals surface area contributed by atoms with Gasteiger partial charge in [0.1, 0.15) is 10.7 Å². The van der Waals surface area contributed by atoms with Gasteiger partial charge in [0, 0.05) is 44.6 Å². The number of piperidine rings is 2. The van der Waals surface area contributed by atoms with Gasteiger partial charge in [-0.1, -0.05) is 42.5 Å². The smallest absolute Gasteiger partial charge is 0.245 e. The summed E-state index contributed by atoms with van der Waals surface area (Å²) in [4.78, 5) is 27.0. The lowest BCUT2D eigenvalue weighted by Gasteiger charge is -2.36. The third-order valence-corrected chi connectivity index (χ3v) is 8.68. The van der Waals surface area contributed by atoms with Crippen molar-refractivity contribution in [3.63, 3.8) is 0 Å². The molecule has 0 atom stereocenters. The molecule has 0 bridgehead atoms. The van der Waals surface area contributed by atoms with Crippen molar-refractivity contribution in [2.75, 3.05) is 26.2 Å². The van der Waals surface area contributed by atoms with Gasteiger partial charge in [0.15, 0.2) is 0 Å². The Kier molecular flexibility index (Phi) is 7.63. The number of benzene rings is 2. The van der Waals surface area contributed by atoms with Crippen LogP contribution in [0.2, 0.25) is 0 Å². The molecule has 2 saturated heterocycles. The molecule has 182 valence electrons. The minimum absolute atomic E-state index is 0.0163. The van der Waals surface area contributed by atoms with Crippen LogP contribution >= 0.6 is 0 Å². The van der Waals surface area contributed by atoms with Crippen LogP contribution in [0.25, 0.3) is 0 Å². The molecule has 4 rings (SSSR count). The highest BCUT2D eigenvalue weighted by molar-refractivity contribution is 7.89. The van der Waals surface area contributed by atoms with Gasteiger partial charge in [0.05, 0.1) is 0 Å². The summed E-state index contributed by atoms with van der Waals surface area (Å²) in [5.74, 6) is -1.10. The fraction of sp³-hybridized carbons (Fsp3) is 0.440. The average Bonchev–Trinajstić information content (AvgIpc) is 2.88. The van der Waals surface area contributed by atoms with Gasteiger partial charge in [0.25, 0.3) is 0 Å². The third kappa shape index (κ3) is 5.47. The van der Waals surface area contributed by atoms with Crippen molar-refractivity contribution in [2.24, 2.45) is 11.8 Å². The molecule has 2 aliphatic rings. The monoisotopic (exact) mass is 487 g/mol. The van der Waals surface area contributed by atoms with Crippen LogP contribution in [-0.4, -0.2) is 55.6 Å². The van der Waals surface area contributed by atoms with Crippen LogP contribution in [0.15, 0.2) is 59.5 Å². The molecule has 0 unspecified atom stereocenters. The number of hydrogen-bond acceptors (Lipinski definition) is 4. The number of nitrogens with zero attached hydrogens (tertiary/aromatic N) is 2. The quantitative estimate of drug-likeness (QED) is 0.679. The molecule has 2 aromatic carbocycles. The number of hydrogen-bond donors (Lipinski definition) is 1. The molecule has 7 nitrogen and oxygen atoms in total. The van der Waals surface area contributed by atoms with Gasteiger partial charge in [-0.25, -0.2) is 12.8 Å². The molecule has 2 heterocycles. The molecule has 1 N–H and O–H groups in total. The first kappa shape index (κ1) is 24.3. The first-order chi connectivity index (χ1) is 16.4. The number of likely N-dealkylation sites (tertiary alicyclic amines) is 1. The van der Waals surface area contributed by atoms with E-state index < -0.39 is 15.8 Å². The minimum Gasteiger partial charge on any atom is -0.352 e. The standard InChI is InChI=1S/C25H30FN3O4S/c26-22-8-4-5-9-23(22)34(32,33)29-16-12-21(13-17-29)25(31)28-14-10-20(11-15-28)24(30)27-18-19-6-2-1-3-7-19/h1-9,20-21H,10-18H2,(H,27,30). The number of nitrogens with one attached hydrogen (secondary N) is 1. The second kappa shape index (κ2) is 10.7. The van der Waals surface area contributed by atoms with Gasteiger partial charge in [0.2, 0.25) is 21.8 Å². The van der Waals surface area contributed by atoms with Crippen molar-refractivity contribution in [2.45, 2.75) is 37.1 Å². The maximum atomic E-state index is 14.0. The summed E-state index contributed by atoms with van der Waals surface area (Å²) in [7, 11) is -3.92. The molecule has 0 radical (unpaired) electrons. The summed E-state index contributed by atoms with van der Waals surface area (Å²) in [6, 6.07) is 15.1. The molecule has 2 fully saturated rings. The average molecular weight is 488 g/mol. The zero-order valence-electron chi connectivity index (χ0n) is 19.0. The van der Waals surface area contributed by atoms with E-state index in [-0.39, 0.29) is 41.6 Å². The molecule has 9 heteroatoms. The van der Waals surface area contributed by atoms with Gasteiger partial charge in [-0.15, -0.1) is 0 Å². The normalized spacial score (nSPS) is 18.6. The zero-order valence-corrected chi connectivity index (χ0v) is 19.8. The van der Waals surface area contributed by atoms with E-state index in [0.29, 0.717) is 45.3 Å². The van der Waals surface area contributed by atoms with Gasteiger partial charge in [-0.05, 0) is 43.4 Å². The van der Waals surface area contributed by atoms with Crippen molar-refractivity contribution >= 4 is 21.8 Å². The van der Waals surface area contributed by atoms with E-state index in [1.165, 1.54) is 22.5 Å². The van der Waals surface area contributed by atoms with Crippen molar-refractivity contribution < 1.29 is 22.4 Å². The lowest BCUT2D eigenvalue weighted by atomic mass is 9.92. The first-order valence-corrected chi connectivity index (χ1v) is 13.2. The van der Waals surface area contributed by atoms with Crippen LogP contribution in [0.5, 0.6) is 0 Å². The highest BCUT2D eigenvalue weighted by Gasteiger charge is 2.36. The van der Waals surface area contributed by atoms with E-state index in [1.807, 2.05) is 30.3 Å². The van der Waals surface area contributed by atoms with Crippen LogP contribution in [0, 0.1) is 17.7 Å². The Morgan fingerprint density at radius 1 is 0.853 bits per heavy atom. The molecule has 34 heavy (non-hydrogen) atoms. The van der Waals surface area contributed by atoms with Gasteiger partial charge in [-0.2, -0.15) is 4.31 Å². The Morgan fingerprint density at radius 3 is 2.09 bits per heavy atom. The molecule has 0 aromatic heterocycles. The van der Waals surface area contributed by atoms with Gasteiger partial charge in [-0.3, -0.25) is 9.59 Å². The van der Waals surface area contributed by atoms with Crippen LogP contribution < -0.4 is 5.32 Å². The molecule has 2 aliphatic heterocycles. The number of amides is 2. The Bertz CT molecular complexity index is 1110. The number of rotatable bonds is 6. The third-order valence-electron chi connectivity index (χ3n) is 6.74. The van der Waals surface area contributed by atoms with Crippen LogP contribution in [-0.2, 0) is 26.2 Å². The number of halogens is 1. The summed E-state index contributed by atoms with van der Waals surface area (Å²) in [6.45, 7) is 1.91. The maximum absolute atomic E-state index is 14.0. The van der Waals surface area contributed by atoms with E-state index in [4.69, 9.17) is 0 Å². The van der Waals surface area contributed by atoms with E-state index in [1.54, 1.807) is 4.90 Å². The predicted octanol–water partition coefficient (Wildman–Crippen LogP) is 2.78. The fourth-order valence-corrected chi connectivity index (χ4v) is 6.22. The summed E-state index contributed by atoms with van der Waals surface area (Å²) in [5, 5.41) is 2.98. The largest absolute Gasteiger partial charge is 0.352 e. The maximum Gasteiger partial charge on any atom is 0.245 e. The second-order valence-corrected chi connectivity index (χ2v) is 10.8. The van der Waals surface area contributed by atoms with E-state index in [0.717, 1.165) is 11.6 Å². The molecular weight excluding hydrogens is 457 g/mol. The van der Waals surface area contributed by atoms with Crippen molar-refractivity contribution in [1.29, 1.82) is 0 Å². The summed E-state index contributed by atoms with van der Waals surface area (Å²) >= 11 is 0. The Balaban J connectivity index is 1.24. The Morgan fingerprint density at radius 2 is 1.44 bits per heavy atom. The van der Waals surface area contributed by atoms with E-state index >= 15 is 0 Å². The van der Waals surface area contributed by atoms with Crippen LogP contribution in [0.4, 0.5) is 4.39 Å². The highest BCUT2D eigenvalue weighted by Crippen LogP contribution is 2.28. The van der Waals surface area contributed by atoms with Gasteiger partial charge < -0.3 is 10.2 Å². The van der Waals surface area contributed by atoms with E-state index in [9.17, 15) is 22.4 Å². The topological polar surface area (TPSA) is 86.8 Å². The van der Waals surface area contributed by atoms with Crippen molar-refractivity contribution in [3.05, 3.63) is 66.0 Å². The van der Waals surface area contributed by atoms with Crippen LogP contribution in [0.3, 0.4) is 0 Å². The number of carbonyl (C=O) groups is 2. The first-order valence-electron chi connectivity index (χ1n) is 11.7. The Hall–Kier alpha value is -2.78. The Labute approximate surface area is 200 Å². The van der Waals surface area contributed by atoms with Crippen molar-refractivity contribution in [3.8, 4) is 0 Å². The highest BCUT2D eigenvalue weighted by atomic mass is 32.2.